The van der Waals surface area contributed by atoms with Gasteiger partial charge in [-0.1, -0.05) is 6.07 Å². The number of ether oxygens (including phenoxy) is 1. The predicted molar refractivity (Wildman–Crippen MR) is 131 cm³/mol. The first-order valence-corrected chi connectivity index (χ1v) is 11.9. The number of nitrogens with zero attached hydrogens (tertiary/aromatic N) is 2. The second kappa shape index (κ2) is 10.2. The number of fused-ring (bicyclic) bond motifs is 1. The van der Waals surface area contributed by atoms with Crippen molar-refractivity contribution in [3.63, 3.8) is 0 Å². The Kier molecular flexibility index (Phi) is 7.28. The fourth-order valence-electron chi connectivity index (χ4n) is 4.39. The zero-order valence-electron chi connectivity index (χ0n) is 19.0. The minimum atomic E-state index is -0.797. The number of hydrogen-bond donors (Lipinski definition) is 1. The standard InChI is InChI=1S/C24H21Cl2N3O7/c1-12-2-5-14(8-20(12)29(34)35)27-21(30)11-36-24(33)13-3-6-15(7-4-13)28-22(31)16-9-18(25)19(26)10-17(16)23(28)32/h2-8,16-19H,9-11H2,1H3,(H,27,30)/t16-,17-,18+,19+/m1/s1. The maximum Gasteiger partial charge on any atom is 0.338 e. The lowest BCUT2D eigenvalue weighted by Crippen LogP contribution is -2.34. The number of nitro benzene ring substituents is 1. The van der Waals surface area contributed by atoms with Crippen LogP contribution in [-0.2, 0) is 19.1 Å². The minimum Gasteiger partial charge on any atom is -0.452 e. The van der Waals surface area contributed by atoms with Gasteiger partial charge < -0.3 is 10.1 Å². The van der Waals surface area contributed by atoms with Crippen molar-refractivity contribution < 1.29 is 28.8 Å². The molecular weight excluding hydrogens is 513 g/mol. The Labute approximate surface area is 215 Å². The van der Waals surface area contributed by atoms with E-state index in [9.17, 15) is 29.3 Å². The summed E-state index contributed by atoms with van der Waals surface area (Å²) in [6.07, 6.45) is 0.647. The van der Waals surface area contributed by atoms with Crippen LogP contribution < -0.4 is 10.2 Å². The second-order valence-corrected chi connectivity index (χ2v) is 9.78. The topological polar surface area (TPSA) is 136 Å². The van der Waals surface area contributed by atoms with Gasteiger partial charge in [-0.2, -0.15) is 0 Å². The Balaban J connectivity index is 1.36. The zero-order chi connectivity index (χ0) is 26.1. The molecule has 1 N–H and O–H groups in total. The van der Waals surface area contributed by atoms with Crippen molar-refractivity contribution in [2.24, 2.45) is 11.8 Å². The third-order valence-electron chi connectivity index (χ3n) is 6.30. The maximum atomic E-state index is 12.9. The number of nitrogens with one attached hydrogen (secondary N) is 1. The number of anilines is 2. The lowest BCUT2D eigenvalue weighted by molar-refractivity contribution is -0.385. The lowest BCUT2D eigenvalue weighted by atomic mass is 9.80. The summed E-state index contributed by atoms with van der Waals surface area (Å²) in [6.45, 7) is 0.956. The first kappa shape index (κ1) is 25.6. The number of halogens is 2. The van der Waals surface area contributed by atoms with Crippen molar-refractivity contribution in [1.29, 1.82) is 0 Å². The monoisotopic (exact) mass is 533 g/mol. The molecule has 188 valence electrons. The number of amides is 3. The molecule has 1 saturated carbocycles. The average Bonchev–Trinajstić information content (AvgIpc) is 3.08. The third-order valence-corrected chi connectivity index (χ3v) is 7.39. The van der Waals surface area contributed by atoms with Crippen LogP contribution in [0, 0.1) is 28.9 Å². The van der Waals surface area contributed by atoms with Crippen LogP contribution in [0.15, 0.2) is 42.5 Å². The first-order valence-electron chi connectivity index (χ1n) is 11.0. The molecule has 12 heteroatoms. The van der Waals surface area contributed by atoms with Crippen molar-refractivity contribution >= 4 is 64.0 Å². The summed E-state index contributed by atoms with van der Waals surface area (Å²) in [5, 5.41) is 12.7. The highest BCUT2D eigenvalue weighted by Gasteiger charge is 2.52. The number of esters is 1. The Morgan fingerprint density at radius 2 is 1.64 bits per heavy atom. The molecule has 1 saturated heterocycles. The third kappa shape index (κ3) is 5.05. The Morgan fingerprint density at radius 3 is 2.19 bits per heavy atom. The smallest absolute Gasteiger partial charge is 0.338 e. The van der Waals surface area contributed by atoms with Crippen LogP contribution in [0.4, 0.5) is 17.1 Å². The number of carbonyl (C=O) groups excluding carboxylic acids is 4. The zero-order valence-corrected chi connectivity index (χ0v) is 20.5. The van der Waals surface area contributed by atoms with Crippen LogP contribution in [0.25, 0.3) is 0 Å². The molecule has 2 aromatic rings. The van der Waals surface area contributed by atoms with E-state index >= 15 is 0 Å². The van der Waals surface area contributed by atoms with Gasteiger partial charge in [-0.05, 0) is 50.1 Å². The van der Waals surface area contributed by atoms with Gasteiger partial charge in [-0.3, -0.25) is 29.4 Å². The fraction of sp³-hybridized carbons (Fsp3) is 0.333. The highest BCUT2D eigenvalue weighted by atomic mass is 35.5. The number of alkyl halides is 2. The van der Waals surface area contributed by atoms with Crippen LogP contribution in [0.1, 0.15) is 28.8 Å². The molecule has 4 atom stereocenters. The Morgan fingerprint density at radius 1 is 1.06 bits per heavy atom. The Bertz CT molecular complexity index is 1220. The van der Waals surface area contributed by atoms with Crippen molar-refractivity contribution in [2.45, 2.75) is 30.5 Å². The summed E-state index contributed by atoms with van der Waals surface area (Å²) < 4.78 is 5.01. The van der Waals surface area contributed by atoms with E-state index in [0.717, 1.165) is 4.90 Å². The van der Waals surface area contributed by atoms with Gasteiger partial charge in [0.2, 0.25) is 11.8 Å². The summed E-state index contributed by atoms with van der Waals surface area (Å²) in [6, 6.07) is 9.88. The van der Waals surface area contributed by atoms with Crippen molar-refractivity contribution in [3.05, 3.63) is 63.7 Å². The molecule has 2 fully saturated rings. The molecule has 1 heterocycles. The van der Waals surface area contributed by atoms with Gasteiger partial charge in [0.05, 0.1) is 38.8 Å². The van der Waals surface area contributed by atoms with Crippen LogP contribution in [0.5, 0.6) is 0 Å². The van der Waals surface area contributed by atoms with Gasteiger partial charge in [0.25, 0.3) is 11.6 Å². The van der Waals surface area contributed by atoms with Gasteiger partial charge in [0, 0.05) is 17.3 Å². The number of imide groups is 1. The van der Waals surface area contributed by atoms with Crippen LogP contribution in [0.3, 0.4) is 0 Å². The van der Waals surface area contributed by atoms with Crippen molar-refractivity contribution in [1.82, 2.24) is 0 Å². The number of benzene rings is 2. The van der Waals surface area contributed by atoms with E-state index in [1.807, 2.05) is 0 Å². The molecule has 0 bridgehead atoms. The molecule has 4 rings (SSSR count). The summed E-state index contributed by atoms with van der Waals surface area (Å²) in [5.74, 6) is -3.20. The molecule has 0 unspecified atom stereocenters. The first-order chi connectivity index (χ1) is 17.1. The molecule has 1 aliphatic heterocycles. The molecule has 0 spiro atoms. The van der Waals surface area contributed by atoms with E-state index in [4.69, 9.17) is 27.9 Å². The number of nitro groups is 1. The van der Waals surface area contributed by atoms with E-state index in [1.54, 1.807) is 6.92 Å². The van der Waals surface area contributed by atoms with Gasteiger partial charge in [0.1, 0.15) is 0 Å². The van der Waals surface area contributed by atoms with Crippen LogP contribution in [0.2, 0.25) is 0 Å². The molecule has 1 aliphatic carbocycles. The molecule has 2 aliphatic rings. The number of hydrogen-bond acceptors (Lipinski definition) is 7. The van der Waals surface area contributed by atoms with E-state index in [2.05, 4.69) is 5.32 Å². The largest absolute Gasteiger partial charge is 0.452 e. The predicted octanol–water partition coefficient (Wildman–Crippen LogP) is 3.81. The quantitative estimate of drug-likeness (QED) is 0.196. The number of aryl methyl sites for hydroxylation is 1. The molecule has 36 heavy (non-hydrogen) atoms. The van der Waals surface area contributed by atoms with Crippen molar-refractivity contribution in [3.8, 4) is 0 Å². The SMILES string of the molecule is Cc1ccc(NC(=O)COC(=O)c2ccc(N3C(=O)[C@@H]4C[C@H](Cl)[C@@H](Cl)C[C@H]4C3=O)cc2)cc1[N+](=O)[O-]. The average molecular weight is 534 g/mol. The minimum absolute atomic E-state index is 0.107. The number of carbonyl (C=O) groups is 4. The highest BCUT2D eigenvalue weighted by Crippen LogP contribution is 2.43. The van der Waals surface area contributed by atoms with Gasteiger partial charge in [-0.15, -0.1) is 23.2 Å². The molecule has 0 radical (unpaired) electrons. The van der Waals surface area contributed by atoms with E-state index in [1.165, 1.54) is 42.5 Å². The Hall–Kier alpha value is -3.50. The summed E-state index contributed by atoms with van der Waals surface area (Å²) in [4.78, 5) is 61.8. The van der Waals surface area contributed by atoms with Crippen LogP contribution >= 0.6 is 23.2 Å². The molecular formula is C24H21Cl2N3O7. The number of rotatable bonds is 6. The van der Waals surface area contributed by atoms with Gasteiger partial charge >= 0.3 is 5.97 Å². The molecule has 10 nitrogen and oxygen atoms in total. The van der Waals surface area contributed by atoms with Gasteiger partial charge in [0.15, 0.2) is 6.61 Å². The summed E-state index contributed by atoms with van der Waals surface area (Å²) in [7, 11) is 0. The van der Waals surface area contributed by atoms with E-state index < -0.39 is 35.2 Å². The van der Waals surface area contributed by atoms with Crippen molar-refractivity contribution in [2.75, 3.05) is 16.8 Å². The summed E-state index contributed by atoms with van der Waals surface area (Å²) in [5.41, 5.74) is 0.904. The highest BCUT2D eigenvalue weighted by molar-refractivity contribution is 6.31. The lowest BCUT2D eigenvalue weighted by Gasteiger charge is -2.28. The van der Waals surface area contributed by atoms with Crippen LogP contribution in [-0.4, -0.2) is 46.0 Å². The van der Waals surface area contributed by atoms with E-state index in [-0.39, 0.29) is 39.5 Å². The normalized spacial score (nSPS) is 23.2. The fourth-order valence-corrected chi connectivity index (χ4v) is 4.98. The molecule has 0 aromatic heterocycles. The molecule has 3 amide bonds. The summed E-state index contributed by atoms with van der Waals surface area (Å²) >= 11 is 12.4. The second-order valence-electron chi connectivity index (χ2n) is 8.66. The maximum absolute atomic E-state index is 12.9. The van der Waals surface area contributed by atoms with E-state index in [0.29, 0.717) is 24.1 Å². The van der Waals surface area contributed by atoms with Gasteiger partial charge in [-0.25, -0.2) is 4.79 Å². The molecule has 2 aromatic carbocycles.